The Hall–Kier alpha value is -1.60. The predicted molar refractivity (Wildman–Crippen MR) is 89.5 cm³/mol. The summed E-state index contributed by atoms with van der Waals surface area (Å²) >= 11 is 0. The molecule has 0 spiro atoms. The topological polar surface area (TPSA) is 77.4 Å². The van der Waals surface area contributed by atoms with Gasteiger partial charge in [0.2, 0.25) is 0 Å². The molecule has 0 bridgehead atoms. The van der Waals surface area contributed by atoms with Gasteiger partial charge in [-0.3, -0.25) is 4.68 Å². The fourth-order valence-corrected chi connectivity index (χ4v) is 3.67. The van der Waals surface area contributed by atoms with Crippen LogP contribution in [0.1, 0.15) is 50.4 Å². The van der Waals surface area contributed by atoms with E-state index >= 15 is 0 Å². The average Bonchev–Trinajstić information content (AvgIpc) is 3.11. The minimum absolute atomic E-state index is 0.0526. The van der Waals surface area contributed by atoms with Crippen LogP contribution in [0.15, 0.2) is 6.20 Å². The fourth-order valence-electron chi connectivity index (χ4n) is 3.67. The number of fused-ring (bicyclic) bond motifs is 1. The number of aryl methyl sites for hydroxylation is 2. The molecule has 1 fully saturated rings. The molecule has 0 aromatic carbocycles. The van der Waals surface area contributed by atoms with Crippen LogP contribution in [0.2, 0.25) is 0 Å². The quantitative estimate of drug-likeness (QED) is 0.861. The molecule has 7 heteroatoms. The molecule has 134 valence electrons. The summed E-state index contributed by atoms with van der Waals surface area (Å²) in [6, 6.07) is -0.0706. The second kappa shape index (κ2) is 7.11. The van der Waals surface area contributed by atoms with E-state index in [1.54, 1.807) is 0 Å². The first kappa shape index (κ1) is 17.2. The summed E-state index contributed by atoms with van der Waals surface area (Å²) < 4.78 is 13.1. The maximum Gasteiger partial charge on any atom is 0.315 e. The largest absolute Gasteiger partial charge is 0.348 e. The molecule has 3 rings (SSSR count). The number of hydrogen-bond acceptors (Lipinski definition) is 4. The van der Waals surface area contributed by atoms with E-state index in [0.717, 1.165) is 36.9 Å². The van der Waals surface area contributed by atoms with Crippen molar-refractivity contribution in [2.75, 3.05) is 19.8 Å². The van der Waals surface area contributed by atoms with Crippen molar-refractivity contribution >= 4 is 6.03 Å². The highest BCUT2D eigenvalue weighted by atomic mass is 16.7. The van der Waals surface area contributed by atoms with Crippen LogP contribution in [0.5, 0.6) is 0 Å². The zero-order valence-corrected chi connectivity index (χ0v) is 14.8. The normalized spacial score (nSPS) is 23.5. The Balaban J connectivity index is 1.46. The molecule has 2 aliphatic rings. The second-order valence-electron chi connectivity index (χ2n) is 7.14. The lowest BCUT2D eigenvalue weighted by Gasteiger charge is -2.27. The van der Waals surface area contributed by atoms with Gasteiger partial charge in [0, 0.05) is 31.8 Å². The van der Waals surface area contributed by atoms with Gasteiger partial charge in [-0.2, -0.15) is 5.10 Å². The van der Waals surface area contributed by atoms with Crippen LogP contribution in [0.4, 0.5) is 4.79 Å². The molecule has 1 aromatic rings. The second-order valence-corrected chi connectivity index (χ2v) is 7.14. The van der Waals surface area contributed by atoms with Gasteiger partial charge in [-0.25, -0.2) is 4.79 Å². The predicted octanol–water partition coefficient (Wildman–Crippen LogP) is 1.89. The minimum Gasteiger partial charge on any atom is -0.348 e. The number of nitrogens with one attached hydrogen (secondary N) is 2. The van der Waals surface area contributed by atoms with Gasteiger partial charge in [-0.1, -0.05) is 6.92 Å². The van der Waals surface area contributed by atoms with Gasteiger partial charge in [0.15, 0.2) is 5.79 Å². The van der Waals surface area contributed by atoms with Gasteiger partial charge in [-0.15, -0.1) is 0 Å². The third kappa shape index (κ3) is 4.08. The van der Waals surface area contributed by atoms with Gasteiger partial charge in [0.25, 0.3) is 0 Å². The Morgan fingerprint density at radius 3 is 3.00 bits per heavy atom. The number of ether oxygens (including phenoxy) is 2. The number of carbonyl (C=O) groups excluding carboxylic acids is 1. The Labute approximate surface area is 143 Å². The highest BCUT2D eigenvalue weighted by Gasteiger charge is 2.32. The molecule has 2 amide bonds. The van der Waals surface area contributed by atoms with E-state index in [1.807, 2.05) is 24.9 Å². The van der Waals surface area contributed by atoms with Crippen LogP contribution in [0.3, 0.4) is 0 Å². The van der Waals surface area contributed by atoms with Crippen molar-refractivity contribution in [1.29, 1.82) is 0 Å². The van der Waals surface area contributed by atoms with Crippen LogP contribution >= 0.6 is 0 Å². The van der Waals surface area contributed by atoms with E-state index in [2.05, 4.69) is 22.7 Å². The highest BCUT2D eigenvalue weighted by molar-refractivity contribution is 5.74. The number of carbonyl (C=O) groups is 1. The fraction of sp³-hybridized carbons (Fsp3) is 0.765. The molecule has 1 aliphatic carbocycles. The number of aromatic nitrogens is 2. The van der Waals surface area contributed by atoms with Crippen molar-refractivity contribution in [3.63, 3.8) is 0 Å². The van der Waals surface area contributed by atoms with Crippen molar-refractivity contribution in [3.05, 3.63) is 17.5 Å². The molecule has 2 atom stereocenters. The van der Waals surface area contributed by atoms with E-state index < -0.39 is 5.79 Å². The van der Waals surface area contributed by atoms with E-state index in [0.29, 0.717) is 19.8 Å². The summed E-state index contributed by atoms with van der Waals surface area (Å²) in [6.07, 6.45) is 5.78. The van der Waals surface area contributed by atoms with Gasteiger partial charge >= 0.3 is 6.03 Å². The first-order chi connectivity index (χ1) is 11.5. The monoisotopic (exact) mass is 336 g/mol. The molecule has 2 N–H and O–H groups in total. The molecule has 0 unspecified atom stereocenters. The van der Waals surface area contributed by atoms with Crippen LogP contribution in [-0.2, 0) is 22.9 Å². The molecule has 24 heavy (non-hydrogen) atoms. The first-order valence-electron chi connectivity index (χ1n) is 8.80. The Morgan fingerprint density at radius 1 is 1.50 bits per heavy atom. The third-order valence-corrected chi connectivity index (χ3v) is 4.75. The zero-order chi connectivity index (χ0) is 17.2. The van der Waals surface area contributed by atoms with Crippen molar-refractivity contribution in [1.82, 2.24) is 20.4 Å². The Kier molecular flexibility index (Phi) is 5.10. The highest BCUT2D eigenvalue weighted by Crippen LogP contribution is 2.29. The Morgan fingerprint density at radius 2 is 2.25 bits per heavy atom. The van der Waals surface area contributed by atoms with Crippen LogP contribution < -0.4 is 10.6 Å². The smallest absolute Gasteiger partial charge is 0.315 e. The molecule has 7 nitrogen and oxygen atoms in total. The van der Waals surface area contributed by atoms with E-state index in [9.17, 15) is 4.79 Å². The molecular formula is C17H28N4O3. The number of amides is 2. The zero-order valence-electron chi connectivity index (χ0n) is 14.8. The first-order valence-corrected chi connectivity index (χ1v) is 8.80. The van der Waals surface area contributed by atoms with Crippen molar-refractivity contribution in [2.45, 2.75) is 51.4 Å². The van der Waals surface area contributed by atoms with Crippen molar-refractivity contribution in [2.24, 2.45) is 13.0 Å². The van der Waals surface area contributed by atoms with Gasteiger partial charge in [0.05, 0.1) is 24.9 Å². The molecular weight excluding hydrogens is 308 g/mol. The minimum atomic E-state index is -0.508. The maximum atomic E-state index is 12.2. The maximum absolute atomic E-state index is 12.2. The van der Waals surface area contributed by atoms with Crippen LogP contribution in [0, 0.1) is 5.92 Å². The molecule has 1 saturated heterocycles. The van der Waals surface area contributed by atoms with Gasteiger partial charge in [-0.05, 0) is 32.1 Å². The summed E-state index contributed by atoms with van der Waals surface area (Å²) in [6.45, 7) is 5.94. The SMILES string of the molecule is C[C@@H](CNC(=O)N[C@@H]1CCCc2nn(C)cc21)CC1(C)OCCO1. The van der Waals surface area contributed by atoms with Crippen molar-refractivity contribution < 1.29 is 14.3 Å². The molecule has 1 aromatic heterocycles. The molecule has 0 saturated carbocycles. The number of hydrogen-bond donors (Lipinski definition) is 2. The number of nitrogens with zero attached hydrogens (tertiary/aromatic N) is 2. The molecule has 0 radical (unpaired) electrons. The van der Waals surface area contributed by atoms with Crippen LogP contribution in [0.25, 0.3) is 0 Å². The summed E-state index contributed by atoms with van der Waals surface area (Å²) in [5.41, 5.74) is 2.25. The lowest BCUT2D eigenvalue weighted by atomic mass is 9.93. The van der Waals surface area contributed by atoms with E-state index in [4.69, 9.17) is 9.47 Å². The third-order valence-electron chi connectivity index (χ3n) is 4.75. The lowest BCUT2D eigenvalue weighted by Crippen LogP contribution is -2.41. The standard InChI is InChI=1S/C17H28N4O3/c1-12(9-17(2)23-7-8-24-17)10-18-16(22)19-14-5-4-6-15-13(14)11-21(3)20-15/h11-12,14H,4-10H2,1-3H3,(H2,18,19,22)/t12-,14-/m1/s1. The molecule has 2 heterocycles. The van der Waals surface area contributed by atoms with Crippen LogP contribution in [-0.4, -0.2) is 41.4 Å². The average molecular weight is 336 g/mol. The summed E-state index contributed by atoms with van der Waals surface area (Å²) in [5.74, 6) is -0.231. The number of rotatable bonds is 5. The summed E-state index contributed by atoms with van der Waals surface area (Å²) in [7, 11) is 1.92. The summed E-state index contributed by atoms with van der Waals surface area (Å²) in [4.78, 5) is 12.2. The van der Waals surface area contributed by atoms with Crippen molar-refractivity contribution in [3.8, 4) is 0 Å². The van der Waals surface area contributed by atoms with Gasteiger partial charge < -0.3 is 20.1 Å². The lowest BCUT2D eigenvalue weighted by molar-refractivity contribution is -0.153. The number of urea groups is 1. The van der Waals surface area contributed by atoms with E-state index in [1.165, 1.54) is 0 Å². The molecule has 1 aliphatic heterocycles. The Bertz CT molecular complexity index is 580. The van der Waals surface area contributed by atoms with E-state index in [-0.39, 0.29) is 18.0 Å². The summed E-state index contributed by atoms with van der Waals surface area (Å²) in [5, 5.41) is 10.5. The van der Waals surface area contributed by atoms with Gasteiger partial charge in [0.1, 0.15) is 0 Å².